The Morgan fingerprint density at radius 2 is 1.97 bits per heavy atom. The highest BCUT2D eigenvalue weighted by Gasteiger charge is 2.11. The van der Waals surface area contributed by atoms with E-state index in [1.165, 1.54) is 12.5 Å². The third-order valence-electron chi connectivity index (χ3n) is 5.21. The Morgan fingerprint density at radius 3 is 2.76 bits per heavy atom. The monoisotopic (exact) mass is 482 g/mol. The van der Waals surface area contributed by atoms with E-state index in [4.69, 9.17) is 31.6 Å². The maximum Gasteiger partial charge on any atom is 0.144 e. The van der Waals surface area contributed by atoms with Crippen LogP contribution in [0.25, 0.3) is 0 Å². The molecule has 1 aliphatic heterocycles. The first-order valence-corrected chi connectivity index (χ1v) is 11.4. The highest BCUT2D eigenvalue weighted by Crippen LogP contribution is 2.30. The first-order chi connectivity index (χ1) is 16.7. The van der Waals surface area contributed by atoms with E-state index in [-0.39, 0.29) is 5.82 Å². The van der Waals surface area contributed by atoms with Crippen LogP contribution in [0.15, 0.2) is 60.0 Å². The van der Waals surface area contributed by atoms with Gasteiger partial charge in [-0.25, -0.2) is 9.97 Å². The molecular formula is C24H27ClN6O3. The number of rotatable bonds is 10. The number of nitrogen functional groups attached to an aromatic ring is 1. The first-order valence-electron chi connectivity index (χ1n) is 11.0. The molecule has 1 fully saturated rings. The molecule has 10 heteroatoms. The molecule has 34 heavy (non-hydrogen) atoms. The maximum atomic E-state index is 6.43. The average Bonchev–Trinajstić information content (AvgIpc) is 2.86. The largest absolute Gasteiger partial charge is 0.487 e. The lowest BCUT2D eigenvalue weighted by atomic mass is 10.2. The molecule has 4 rings (SSSR count). The summed E-state index contributed by atoms with van der Waals surface area (Å²) in [4.78, 5) is 16.0. The third-order valence-corrected chi connectivity index (χ3v) is 5.50. The van der Waals surface area contributed by atoms with Crippen molar-refractivity contribution in [2.24, 2.45) is 5.16 Å². The quantitative estimate of drug-likeness (QED) is 0.256. The molecule has 1 saturated heterocycles. The van der Waals surface area contributed by atoms with E-state index >= 15 is 0 Å². The molecule has 3 aromatic rings. The van der Waals surface area contributed by atoms with Gasteiger partial charge in [0.05, 0.1) is 30.0 Å². The molecule has 0 bridgehead atoms. The minimum Gasteiger partial charge on any atom is -0.487 e. The SMILES string of the molecule is Nc1ncnc(Nc2ccc(OCc3ccccc3)c(Cl)c2)c1C=NOCCN1CCOCC1. The number of nitrogens with zero attached hydrogens (tertiary/aromatic N) is 4. The van der Waals surface area contributed by atoms with Gasteiger partial charge in [-0.15, -0.1) is 0 Å². The summed E-state index contributed by atoms with van der Waals surface area (Å²) in [5, 5.41) is 7.73. The lowest BCUT2D eigenvalue weighted by Crippen LogP contribution is -2.38. The predicted octanol–water partition coefficient (Wildman–Crippen LogP) is 3.72. The highest BCUT2D eigenvalue weighted by molar-refractivity contribution is 6.32. The van der Waals surface area contributed by atoms with Crippen LogP contribution in [-0.2, 0) is 16.2 Å². The van der Waals surface area contributed by atoms with Crippen LogP contribution in [0, 0.1) is 0 Å². The van der Waals surface area contributed by atoms with E-state index in [0.717, 1.165) is 44.1 Å². The van der Waals surface area contributed by atoms with Crippen molar-refractivity contribution in [1.82, 2.24) is 14.9 Å². The van der Waals surface area contributed by atoms with Crippen LogP contribution in [0.5, 0.6) is 5.75 Å². The molecule has 3 N–H and O–H groups in total. The van der Waals surface area contributed by atoms with Gasteiger partial charge in [0.25, 0.3) is 0 Å². The molecule has 0 aliphatic carbocycles. The fraction of sp³-hybridized carbons (Fsp3) is 0.292. The van der Waals surface area contributed by atoms with Crippen LogP contribution < -0.4 is 15.8 Å². The van der Waals surface area contributed by atoms with E-state index < -0.39 is 0 Å². The van der Waals surface area contributed by atoms with E-state index in [0.29, 0.717) is 35.4 Å². The topological polar surface area (TPSA) is 107 Å². The number of anilines is 3. The maximum absolute atomic E-state index is 6.43. The molecule has 178 valence electrons. The van der Waals surface area contributed by atoms with Crippen molar-refractivity contribution in [2.45, 2.75) is 6.61 Å². The molecule has 0 saturated carbocycles. The Hall–Kier alpha value is -3.40. The van der Waals surface area contributed by atoms with Crippen molar-refractivity contribution in [1.29, 1.82) is 0 Å². The second kappa shape index (κ2) is 12.2. The molecule has 0 spiro atoms. The number of nitrogens with two attached hydrogens (primary N) is 1. The zero-order valence-electron chi connectivity index (χ0n) is 18.7. The third kappa shape index (κ3) is 6.80. The van der Waals surface area contributed by atoms with Crippen LogP contribution in [0.1, 0.15) is 11.1 Å². The lowest BCUT2D eigenvalue weighted by Gasteiger charge is -2.25. The standard InChI is InChI=1S/C24H27ClN6O3/c25-21-14-19(6-7-22(21)33-16-18-4-2-1-3-5-18)30-24-20(23(26)27-17-28-24)15-29-34-13-10-31-8-11-32-12-9-31/h1-7,14-15,17H,8-13,16H2,(H3,26,27,28,30). The van der Waals surface area contributed by atoms with Crippen molar-refractivity contribution < 1.29 is 14.3 Å². The number of hydrogen-bond acceptors (Lipinski definition) is 9. The van der Waals surface area contributed by atoms with Crippen LogP contribution in [0.3, 0.4) is 0 Å². The number of hydrogen-bond donors (Lipinski definition) is 2. The number of oxime groups is 1. The van der Waals surface area contributed by atoms with E-state index in [1.54, 1.807) is 12.1 Å². The summed E-state index contributed by atoms with van der Waals surface area (Å²) in [5.74, 6) is 1.36. The van der Waals surface area contributed by atoms with E-state index in [2.05, 4.69) is 25.3 Å². The zero-order chi connectivity index (χ0) is 23.6. The van der Waals surface area contributed by atoms with E-state index in [9.17, 15) is 0 Å². The Balaban J connectivity index is 1.35. The van der Waals surface area contributed by atoms with Gasteiger partial charge in [-0.05, 0) is 23.8 Å². The number of morpholine rings is 1. The fourth-order valence-electron chi connectivity index (χ4n) is 3.34. The van der Waals surface area contributed by atoms with Crippen LogP contribution in [0.4, 0.5) is 17.3 Å². The van der Waals surface area contributed by atoms with Gasteiger partial charge >= 0.3 is 0 Å². The molecule has 2 aromatic carbocycles. The van der Waals surface area contributed by atoms with Crippen molar-refractivity contribution in [3.8, 4) is 5.75 Å². The Kier molecular flexibility index (Phi) is 8.50. The second-order valence-corrected chi connectivity index (χ2v) is 7.99. The van der Waals surface area contributed by atoms with Gasteiger partial charge in [0.1, 0.15) is 36.9 Å². The summed E-state index contributed by atoms with van der Waals surface area (Å²) in [6.07, 6.45) is 2.89. The van der Waals surface area contributed by atoms with Crippen molar-refractivity contribution in [3.63, 3.8) is 0 Å². The first kappa shape index (κ1) is 23.7. The highest BCUT2D eigenvalue weighted by atomic mass is 35.5. The summed E-state index contributed by atoms with van der Waals surface area (Å²) < 4.78 is 11.2. The van der Waals surface area contributed by atoms with Crippen LogP contribution >= 0.6 is 11.6 Å². The van der Waals surface area contributed by atoms with Gasteiger partial charge in [0.2, 0.25) is 0 Å². The summed E-state index contributed by atoms with van der Waals surface area (Å²) in [7, 11) is 0. The summed E-state index contributed by atoms with van der Waals surface area (Å²) in [6, 6.07) is 15.3. The van der Waals surface area contributed by atoms with Gasteiger partial charge < -0.3 is 25.4 Å². The molecule has 1 aliphatic rings. The number of ether oxygens (including phenoxy) is 2. The smallest absolute Gasteiger partial charge is 0.144 e. The lowest BCUT2D eigenvalue weighted by molar-refractivity contribution is 0.0214. The minimum atomic E-state index is 0.284. The van der Waals surface area contributed by atoms with Gasteiger partial charge in [0, 0.05) is 25.3 Å². The molecular weight excluding hydrogens is 456 g/mol. The van der Waals surface area contributed by atoms with Gasteiger partial charge in [-0.3, -0.25) is 4.90 Å². The van der Waals surface area contributed by atoms with E-state index in [1.807, 2.05) is 36.4 Å². The molecule has 0 radical (unpaired) electrons. The normalized spacial score (nSPS) is 14.3. The number of aromatic nitrogens is 2. The number of nitrogens with one attached hydrogen (secondary N) is 1. The zero-order valence-corrected chi connectivity index (χ0v) is 19.4. The minimum absolute atomic E-state index is 0.284. The Bertz CT molecular complexity index is 1090. The van der Waals surface area contributed by atoms with Crippen molar-refractivity contribution in [3.05, 3.63) is 71.0 Å². The molecule has 0 amide bonds. The fourth-order valence-corrected chi connectivity index (χ4v) is 3.58. The van der Waals surface area contributed by atoms with Gasteiger partial charge in [-0.1, -0.05) is 47.1 Å². The Morgan fingerprint density at radius 1 is 1.15 bits per heavy atom. The summed E-state index contributed by atoms with van der Waals surface area (Å²) >= 11 is 6.43. The average molecular weight is 483 g/mol. The molecule has 0 unspecified atom stereocenters. The molecule has 0 atom stereocenters. The Labute approximate surface area is 203 Å². The number of benzene rings is 2. The van der Waals surface area contributed by atoms with Crippen molar-refractivity contribution in [2.75, 3.05) is 50.5 Å². The van der Waals surface area contributed by atoms with Crippen LogP contribution in [0.2, 0.25) is 5.02 Å². The van der Waals surface area contributed by atoms with Crippen LogP contribution in [-0.4, -0.2) is 60.5 Å². The van der Waals surface area contributed by atoms with Gasteiger partial charge in [0.15, 0.2) is 0 Å². The second-order valence-electron chi connectivity index (χ2n) is 7.59. The number of halogens is 1. The molecule has 2 heterocycles. The summed E-state index contributed by atoms with van der Waals surface area (Å²) in [6.45, 7) is 4.98. The molecule has 1 aromatic heterocycles. The summed E-state index contributed by atoms with van der Waals surface area (Å²) in [5.41, 5.74) is 8.36. The predicted molar refractivity (Wildman–Crippen MR) is 133 cm³/mol. The molecule has 9 nitrogen and oxygen atoms in total. The van der Waals surface area contributed by atoms with Crippen molar-refractivity contribution >= 4 is 35.1 Å². The van der Waals surface area contributed by atoms with Gasteiger partial charge in [-0.2, -0.15) is 0 Å².